The molecule has 0 aromatic heterocycles. The fourth-order valence-electron chi connectivity index (χ4n) is 2.64. The second-order valence-electron chi connectivity index (χ2n) is 6.32. The van der Waals surface area contributed by atoms with Gasteiger partial charge in [-0.2, -0.15) is 13.2 Å². The molecule has 0 aliphatic carbocycles. The van der Waals surface area contributed by atoms with Crippen LogP contribution in [0.25, 0.3) is 0 Å². The van der Waals surface area contributed by atoms with Crippen molar-refractivity contribution in [2.45, 2.75) is 38.4 Å². The number of urea groups is 1. The van der Waals surface area contributed by atoms with E-state index >= 15 is 0 Å². The number of nitrogens with zero attached hydrogens (tertiary/aromatic N) is 1. The molecule has 1 saturated heterocycles. The van der Waals surface area contributed by atoms with Gasteiger partial charge >= 0.3 is 12.2 Å². The molecule has 0 unspecified atom stereocenters. The van der Waals surface area contributed by atoms with Crippen molar-refractivity contribution in [3.63, 3.8) is 0 Å². The van der Waals surface area contributed by atoms with Crippen molar-refractivity contribution in [1.82, 2.24) is 9.62 Å². The highest BCUT2D eigenvalue weighted by Gasteiger charge is 2.34. The van der Waals surface area contributed by atoms with Crippen molar-refractivity contribution in [2.75, 3.05) is 24.2 Å². The lowest BCUT2D eigenvalue weighted by Crippen LogP contribution is -2.48. The van der Waals surface area contributed by atoms with Gasteiger partial charge in [0.15, 0.2) is 0 Å². The summed E-state index contributed by atoms with van der Waals surface area (Å²) in [5.41, 5.74) is 1.70. The van der Waals surface area contributed by atoms with Gasteiger partial charge in [-0.1, -0.05) is 17.7 Å². The van der Waals surface area contributed by atoms with Gasteiger partial charge in [-0.25, -0.2) is 17.5 Å². The number of piperidine rings is 1. The predicted octanol–water partition coefficient (Wildman–Crippen LogP) is 2.86. The van der Waals surface area contributed by atoms with Gasteiger partial charge < -0.3 is 10.6 Å². The Bertz CT molecular complexity index is 712. The van der Waals surface area contributed by atoms with Crippen LogP contribution in [-0.4, -0.2) is 49.8 Å². The summed E-state index contributed by atoms with van der Waals surface area (Å²) in [5.74, 6) is -0.942. The normalized spacial score (nSPS) is 17.1. The maximum absolute atomic E-state index is 12.2. The third-order valence-electron chi connectivity index (χ3n) is 4.14. The molecule has 146 valence electrons. The van der Waals surface area contributed by atoms with Crippen molar-refractivity contribution in [3.05, 3.63) is 29.8 Å². The molecule has 2 N–H and O–H groups in total. The summed E-state index contributed by atoms with van der Waals surface area (Å²) in [4.78, 5) is 12.0. The molecule has 2 amide bonds. The van der Waals surface area contributed by atoms with Crippen LogP contribution in [0.1, 0.15) is 24.8 Å². The first-order valence-corrected chi connectivity index (χ1v) is 9.85. The zero-order chi connectivity index (χ0) is 19.4. The lowest BCUT2D eigenvalue weighted by atomic mass is 10.1. The molecule has 26 heavy (non-hydrogen) atoms. The minimum Gasteiger partial charge on any atom is -0.335 e. The third kappa shape index (κ3) is 6.49. The van der Waals surface area contributed by atoms with E-state index in [4.69, 9.17) is 0 Å². The predicted molar refractivity (Wildman–Crippen MR) is 92.4 cm³/mol. The zero-order valence-electron chi connectivity index (χ0n) is 14.3. The Morgan fingerprint density at radius 2 is 1.77 bits per heavy atom. The topological polar surface area (TPSA) is 78.5 Å². The molecular formula is C16H22F3N3O3S. The number of nitrogens with one attached hydrogen (secondary N) is 2. The number of hydrogen-bond donors (Lipinski definition) is 2. The lowest BCUT2D eigenvalue weighted by Gasteiger charge is -2.31. The number of hydrogen-bond acceptors (Lipinski definition) is 3. The van der Waals surface area contributed by atoms with E-state index < -0.39 is 34.4 Å². The van der Waals surface area contributed by atoms with Crippen LogP contribution in [0.15, 0.2) is 24.3 Å². The molecule has 1 aromatic carbocycles. The maximum atomic E-state index is 12.2. The molecule has 0 spiro atoms. The smallest absolute Gasteiger partial charge is 0.335 e. The van der Waals surface area contributed by atoms with Crippen LogP contribution in [0.5, 0.6) is 0 Å². The molecule has 1 aliphatic heterocycles. The molecule has 0 radical (unpaired) electrons. The molecule has 1 heterocycles. The highest BCUT2D eigenvalue weighted by atomic mass is 32.2. The van der Waals surface area contributed by atoms with E-state index in [0.29, 0.717) is 18.5 Å². The molecule has 0 atom stereocenters. The van der Waals surface area contributed by atoms with Crippen molar-refractivity contribution in [3.8, 4) is 0 Å². The number of benzene rings is 1. The Morgan fingerprint density at radius 1 is 1.19 bits per heavy atom. The zero-order valence-corrected chi connectivity index (χ0v) is 15.2. The Labute approximate surface area is 150 Å². The molecule has 1 fully saturated rings. The van der Waals surface area contributed by atoms with Crippen molar-refractivity contribution in [1.29, 1.82) is 0 Å². The second-order valence-corrected chi connectivity index (χ2v) is 8.41. The van der Waals surface area contributed by atoms with E-state index in [1.54, 1.807) is 12.1 Å². The van der Waals surface area contributed by atoms with Gasteiger partial charge in [-0.15, -0.1) is 0 Å². The van der Waals surface area contributed by atoms with Crippen molar-refractivity contribution < 1.29 is 26.4 Å². The summed E-state index contributed by atoms with van der Waals surface area (Å²) in [5, 5.41) is 5.45. The minimum atomic E-state index is -4.50. The fourth-order valence-corrected chi connectivity index (χ4v) is 4.16. The van der Waals surface area contributed by atoms with Crippen LogP contribution in [0.2, 0.25) is 0 Å². The number of anilines is 1. The average Bonchev–Trinajstić information content (AvgIpc) is 2.55. The number of sulfonamides is 1. The first-order valence-electron chi connectivity index (χ1n) is 8.24. The number of aryl methyl sites for hydroxylation is 1. The quantitative estimate of drug-likeness (QED) is 0.808. The molecule has 10 heteroatoms. The first kappa shape index (κ1) is 20.5. The van der Waals surface area contributed by atoms with Crippen molar-refractivity contribution in [2.24, 2.45) is 0 Å². The molecular weight excluding hydrogens is 371 g/mol. The summed E-state index contributed by atoms with van der Waals surface area (Å²) >= 11 is 0. The Balaban J connectivity index is 1.78. The van der Waals surface area contributed by atoms with E-state index in [2.05, 4.69) is 10.6 Å². The third-order valence-corrected chi connectivity index (χ3v) is 6.01. The van der Waals surface area contributed by atoms with E-state index in [1.807, 2.05) is 19.1 Å². The Kier molecular flexibility index (Phi) is 6.51. The first-order chi connectivity index (χ1) is 12.0. The van der Waals surface area contributed by atoms with Gasteiger partial charge in [0.25, 0.3) is 0 Å². The van der Waals surface area contributed by atoms with Crippen LogP contribution in [0.4, 0.5) is 23.7 Å². The van der Waals surface area contributed by atoms with E-state index in [-0.39, 0.29) is 19.1 Å². The van der Waals surface area contributed by atoms with Gasteiger partial charge in [0.05, 0.1) is 12.2 Å². The van der Waals surface area contributed by atoms with Gasteiger partial charge in [-0.3, -0.25) is 0 Å². The van der Waals surface area contributed by atoms with Crippen LogP contribution in [0.3, 0.4) is 0 Å². The fraction of sp³-hybridized carbons (Fsp3) is 0.562. The standard InChI is InChI=1S/C16H22F3N3O3S/c1-12-2-4-13(5-3-12)20-15(23)21-14-6-9-22(10-7-14)26(24,25)11-8-16(17,18)19/h2-5,14H,6-11H2,1H3,(H2,20,21,23). The number of carbonyl (C=O) groups is 1. The largest absolute Gasteiger partial charge is 0.390 e. The monoisotopic (exact) mass is 393 g/mol. The minimum absolute atomic E-state index is 0.0929. The summed E-state index contributed by atoms with van der Waals surface area (Å²) in [7, 11) is -3.94. The SMILES string of the molecule is Cc1ccc(NC(=O)NC2CCN(S(=O)(=O)CCC(F)(F)F)CC2)cc1. The van der Waals surface area contributed by atoms with Crippen molar-refractivity contribution >= 4 is 21.7 Å². The van der Waals surface area contributed by atoms with E-state index in [1.165, 1.54) is 0 Å². The number of amides is 2. The summed E-state index contributed by atoms with van der Waals surface area (Å²) in [6.07, 6.45) is -5.15. The van der Waals surface area contributed by atoms with Gasteiger partial charge in [-0.05, 0) is 31.9 Å². The van der Waals surface area contributed by atoms with Gasteiger partial charge in [0.2, 0.25) is 10.0 Å². The average molecular weight is 393 g/mol. The molecule has 0 saturated carbocycles. The van der Waals surface area contributed by atoms with E-state index in [9.17, 15) is 26.4 Å². The summed E-state index contributed by atoms with van der Waals surface area (Å²) in [6.45, 7) is 2.12. The highest BCUT2D eigenvalue weighted by molar-refractivity contribution is 7.89. The number of carbonyl (C=O) groups excluding carboxylic acids is 1. The molecule has 1 aromatic rings. The van der Waals surface area contributed by atoms with Crippen LogP contribution < -0.4 is 10.6 Å². The molecule has 0 bridgehead atoms. The highest BCUT2D eigenvalue weighted by Crippen LogP contribution is 2.22. The molecule has 1 aliphatic rings. The number of rotatable bonds is 5. The van der Waals surface area contributed by atoms with Gasteiger partial charge in [0, 0.05) is 24.8 Å². The van der Waals surface area contributed by atoms with Crippen LogP contribution in [-0.2, 0) is 10.0 Å². The Morgan fingerprint density at radius 3 is 2.31 bits per heavy atom. The van der Waals surface area contributed by atoms with Gasteiger partial charge in [0.1, 0.15) is 0 Å². The molecule has 2 rings (SSSR count). The van der Waals surface area contributed by atoms with Crippen LogP contribution in [0, 0.1) is 6.92 Å². The second kappa shape index (κ2) is 8.26. The number of alkyl halides is 3. The molecule has 6 nitrogen and oxygen atoms in total. The Hall–Kier alpha value is -1.81. The van der Waals surface area contributed by atoms with Crippen LogP contribution >= 0.6 is 0 Å². The summed E-state index contributed by atoms with van der Waals surface area (Å²) in [6, 6.07) is 6.64. The number of halogens is 3. The summed E-state index contributed by atoms with van der Waals surface area (Å²) < 4.78 is 61.6. The van der Waals surface area contributed by atoms with E-state index in [0.717, 1.165) is 9.87 Å². The maximum Gasteiger partial charge on any atom is 0.390 e. The lowest BCUT2D eigenvalue weighted by molar-refractivity contribution is -0.130.